The van der Waals surface area contributed by atoms with Crippen molar-refractivity contribution in [1.82, 2.24) is 0 Å². The van der Waals surface area contributed by atoms with Crippen LogP contribution in [0.2, 0.25) is 0 Å². The molecule has 4 N–H and O–H groups in total. The van der Waals surface area contributed by atoms with Crippen LogP contribution in [-0.4, -0.2) is 16.6 Å². The quantitative estimate of drug-likeness (QED) is 0.707. The van der Waals surface area contributed by atoms with E-state index in [-0.39, 0.29) is 11.2 Å². The average molecular weight is 238 g/mol. The number of nitrogen functional groups attached to an aromatic ring is 1. The molecule has 0 amide bonds. The lowest BCUT2D eigenvalue weighted by atomic mass is 9.78. The Morgan fingerprint density at radius 2 is 2.18 bits per heavy atom. The summed E-state index contributed by atoms with van der Waals surface area (Å²) >= 11 is 0. The molecule has 0 aromatic heterocycles. The predicted octanol–water partition coefficient (Wildman–Crippen LogP) is 2.46. The normalized spacial score (nSPS) is 17.3. The fourth-order valence-electron chi connectivity index (χ4n) is 2.02. The largest absolute Gasteiger partial charge is 0.478 e. The van der Waals surface area contributed by atoms with Crippen LogP contribution < -0.4 is 11.1 Å². The monoisotopic (exact) mass is 238 g/mol. The number of benzene rings is 1. The van der Waals surface area contributed by atoms with Crippen LogP contribution >= 0.6 is 0 Å². The highest BCUT2D eigenvalue weighted by molar-refractivity contribution is 5.90. The van der Waals surface area contributed by atoms with E-state index in [1.165, 1.54) is 0 Å². The molecular formula is C12H15FN2O2. The molecule has 2 rings (SSSR count). The van der Waals surface area contributed by atoms with Gasteiger partial charge in [0.25, 0.3) is 0 Å². The molecule has 17 heavy (non-hydrogen) atoms. The van der Waals surface area contributed by atoms with Crippen molar-refractivity contribution < 1.29 is 14.3 Å². The van der Waals surface area contributed by atoms with Crippen molar-refractivity contribution in [3.63, 3.8) is 0 Å². The molecule has 0 spiro atoms. The van der Waals surface area contributed by atoms with Crippen LogP contribution in [-0.2, 0) is 0 Å². The number of halogens is 1. The summed E-state index contributed by atoms with van der Waals surface area (Å²) in [5.74, 6) is -2.08. The lowest BCUT2D eigenvalue weighted by Gasteiger charge is -2.40. The van der Waals surface area contributed by atoms with E-state index in [0.717, 1.165) is 31.4 Å². The fourth-order valence-corrected chi connectivity index (χ4v) is 2.02. The van der Waals surface area contributed by atoms with Crippen molar-refractivity contribution in [3.8, 4) is 0 Å². The third-order valence-corrected chi connectivity index (χ3v) is 3.26. The second-order valence-electron chi connectivity index (χ2n) is 4.76. The van der Waals surface area contributed by atoms with Crippen LogP contribution in [0, 0.1) is 5.82 Å². The Labute approximate surface area is 98.6 Å². The summed E-state index contributed by atoms with van der Waals surface area (Å²) in [6.45, 7) is 2.04. The molecule has 1 saturated carbocycles. The van der Waals surface area contributed by atoms with E-state index in [4.69, 9.17) is 10.8 Å². The van der Waals surface area contributed by atoms with E-state index in [0.29, 0.717) is 5.69 Å². The minimum absolute atomic E-state index is 0.0503. The second-order valence-corrected chi connectivity index (χ2v) is 4.76. The van der Waals surface area contributed by atoms with Crippen molar-refractivity contribution >= 4 is 17.3 Å². The SMILES string of the molecule is CC1(Nc2cc(F)c(C(=O)O)cc2N)CCC1. The summed E-state index contributed by atoms with van der Waals surface area (Å²) in [5.41, 5.74) is 6.00. The van der Waals surface area contributed by atoms with E-state index in [2.05, 4.69) is 5.32 Å². The van der Waals surface area contributed by atoms with Crippen molar-refractivity contribution in [2.75, 3.05) is 11.1 Å². The highest BCUT2D eigenvalue weighted by Gasteiger charge is 2.32. The molecule has 0 unspecified atom stereocenters. The zero-order valence-electron chi connectivity index (χ0n) is 9.59. The Balaban J connectivity index is 2.30. The number of carboxylic acid groups (broad SMARTS) is 1. The third-order valence-electron chi connectivity index (χ3n) is 3.26. The molecule has 1 aromatic rings. The molecule has 0 atom stereocenters. The average Bonchev–Trinajstić information content (AvgIpc) is 2.20. The first-order valence-electron chi connectivity index (χ1n) is 5.52. The van der Waals surface area contributed by atoms with E-state index in [1.807, 2.05) is 6.92 Å². The third kappa shape index (κ3) is 2.18. The number of anilines is 2. The number of carboxylic acids is 1. The van der Waals surface area contributed by atoms with E-state index >= 15 is 0 Å². The zero-order chi connectivity index (χ0) is 12.6. The molecule has 0 heterocycles. The Kier molecular flexibility index (Phi) is 2.69. The minimum Gasteiger partial charge on any atom is -0.478 e. The highest BCUT2D eigenvalue weighted by atomic mass is 19.1. The Morgan fingerprint density at radius 3 is 2.65 bits per heavy atom. The maximum atomic E-state index is 13.5. The van der Waals surface area contributed by atoms with Gasteiger partial charge < -0.3 is 16.2 Å². The summed E-state index contributed by atoms with van der Waals surface area (Å²) in [7, 11) is 0. The maximum absolute atomic E-state index is 13.5. The van der Waals surface area contributed by atoms with Gasteiger partial charge in [0.05, 0.1) is 16.9 Å². The predicted molar refractivity (Wildman–Crippen MR) is 63.7 cm³/mol. The molecular weight excluding hydrogens is 223 g/mol. The van der Waals surface area contributed by atoms with Gasteiger partial charge in [-0.25, -0.2) is 9.18 Å². The molecule has 1 fully saturated rings. The molecule has 1 aliphatic rings. The molecule has 5 heteroatoms. The van der Waals surface area contributed by atoms with Gasteiger partial charge in [0.15, 0.2) is 0 Å². The number of aromatic carboxylic acids is 1. The van der Waals surface area contributed by atoms with Crippen LogP contribution in [0.15, 0.2) is 12.1 Å². The number of hydrogen-bond donors (Lipinski definition) is 3. The Hall–Kier alpha value is -1.78. The molecule has 0 bridgehead atoms. The van der Waals surface area contributed by atoms with Gasteiger partial charge in [-0.15, -0.1) is 0 Å². The van der Waals surface area contributed by atoms with Gasteiger partial charge in [-0.3, -0.25) is 0 Å². The Bertz CT molecular complexity index is 470. The number of carbonyl (C=O) groups is 1. The smallest absolute Gasteiger partial charge is 0.338 e. The van der Waals surface area contributed by atoms with Crippen molar-refractivity contribution in [2.45, 2.75) is 31.7 Å². The molecule has 1 aromatic carbocycles. The van der Waals surface area contributed by atoms with Crippen LogP contribution in [0.25, 0.3) is 0 Å². The van der Waals surface area contributed by atoms with E-state index in [1.54, 1.807) is 0 Å². The summed E-state index contributed by atoms with van der Waals surface area (Å²) in [6, 6.07) is 2.31. The molecule has 0 radical (unpaired) electrons. The van der Waals surface area contributed by atoms with Gasteiger partial charge in [0, 0.05) is 5.54 Å². The van der Waals surface area contributed by atoms with Gasteiger partial charge >= 0.3 is 5.97 Å². The minimum atomic E-state index is -1.31. The summed E-state index contributed by atoms with van der Waals surface area (Å²) < 4.78 is 13.5. The maximum Gasteiger partial charge on any atom is 0.338 e. The van der Waals surface area contributed by atoms with E-state index < -0.39 is 17.3 Å². The molecule has 0 saturated heterocycles. The topological polar surface area (TPSA) is 75.3 Å². The van der Waals surface area contributed by atoms with Crippen molar-refractivity contribution in [3.05, 3.63) is 23.5 Å². The van der Waals surface area contributed by atoms with Gasteiger partial charge in [-0.2, -0.15) is 0 Å². The summed E-state index contributed by atoms with van der Waals surface area (Å²) in [6.07, 6.45) is 3.16. The molecule has 92 valence electrons. The summed E-state index contributed by atoms with van der Waals surface area (Å²) in [5, 5.41) is 11.9. The number of hydrogen-bond acceptors (Lipinski definition) is 3. The van der Waals surface area contributed by atoms with Gasteiger partial charge in [-0.05, 0) is 38.3 Å². The zero-order valence-corrected chi connectivity index (χ0v) is 9.59. The first-order chi connectivity index (χ1) is 7.91. The first kappa shape index (κ1) is 11.7. The Morgan fingerprint density at radius 1 is 1.53 bits per heavy atom. The molecule has 4 nitrogen and oxygen atoms in total. The van der Waals surface area contributed by atoms with Crippen LogP contribution in [0.4, 0.5) is 15.8 Å². The van der Waals surface area contributed by atoms with E-state index in [9.17, 15) is 9.18 Å². The number of nitrogens with one attached hydrogen (secondary N) is 1. The molecule has 1 aliphatic carbocycles. The van der Waals surface area contributed by atoms with Crippen molar-refractivity contribution in [1.29, 1.82) is 0 Å². The van der Waals surface area contributed by atoms with Crippen LogP contribution in [0.1, 0.15) is 36.5 Å². The number of nitrogens with two attached hydrogens (primary N) is 1. The van der Waals surface area contributed by atoms with Gasteiger partial charge in [-0.1, -0.05) is 0 Å². The fraction of sp³-hybridized carbons (Fsp3) is 0.417. The van der Waals surface area contributed by atoms with Gasteiger partial charge in [0.2, 0.25) is 0 Å². The lowest BCUT2D eigenvalue weighted by Crippen LogP contribution is -2.41. The van der Waals surface area contributed by atoms with Crippen LogP contribution in [0.3, 0.4) is 0 Å². The van der Waals surface area contributed by atoms with Gasteiger partial charge in [0.1, 0.15) is 5.82 Å². The van der Waals surface area contributed by atoms with Crippen molar-refractivity contribution in [2.24, 2.45) is 0 Å². The highest BCUT2D eigenvalue weighted by Crippen LogP contribution is 2.36. The number of rotatable bonds is 3. The standard InChI is InChI=1S/C12H15FN2O2/c1-12(3-2-4-12)15-10-6-8(13)7(11(16)17)5-9(10)14/h5-6,15H,2-4,14H2,1H3,(H,16,17). The lowest BCUT2D eigenvalue weighted by molar-refractivity contribution is 0.0692. The summed E-state index contributed by atoms with van der Waals surface area (Å²) in [4.78, 5) is 10.7. The molecule has 0 aliphatic heterocycles. The van der Waals surface area contributed by atoms with Crippen LogP contribution in [0.5, 0.6) is 0 Å². The first-order valence-corrected chi connectivity index (χ1v) is 5.52. The second kappa shape index (κ2) is 3.91.